The van der Waals surface area contributed by atoms with Crippen LogP contribution in [-0.2, 0) is 14.8 Å². The lowest BCUT2D eigenvalue weighted by Crippen LogP contribution is -2.38. The van der Waals surface area contributed by atoms with E-state index < -0.39 is 10.0 Å². The number of benzene rings is 1. The lowest BCUT2D eigenvalue weighted by molar-refractivity contribution is -0.116. The fourth-order valence-corrected chi connectivity index (χ4v) is 4.23. The highest BCUT2D eigenvalue weighted by molar-refractivity contribution is 7.89. The Bertz CT molecular complexity index is 773. The molecule has 6 nitrogen and oxygen atoms in total. The fourth-order valence-electron chi connectivity index (χ4n) is 2.09. The molecule has 0 unspecified atom stereocenters. The Morgan fingerprint density at radius 3 is 2.58 bits per heavy atom. The van der Waals surface area contributed by atoms with Crippen LogP contribution in [0.3, 0.4) is 0 Å². The topological polar surface area (TPSA) is 79.4 Å². The number of carbonyl (C=O) groups excluding carboxylic acids is 1. The molecule has 0 spiro atoms. The van der Waals surface area contributed by atoms with Crippen molar-refractivity contribution in [3.05, 3.63) is 41.4 Å². The fraction of sp³-hybridized carbons (Fsp3) is 0.375. The highest BCUT2D eigenvalue weighted by atomic mass is 32.2. The number of amides is 1. The number of sulfonamides is 1. The van der Waals surface area contributed by atoms with Crippen LogP contribution < -0.4 is 5.32 Å². The van der Waals surface area contributed by atoms with Crippen LogP contribution in [0.5, 0.6) is 0 Å². The van der Waals surface area contributed by atoms with Gasteiger partial charge in [-0.05, 0) is 25.5 Å². The number of hydrogen-bond donors (Lipinski definition) is 1. The molecule has 0 radical (unpaired) electrons. The number of rotatable bonds is 8. The molecular formula is C16H21N3O3S2. The Morgan fingerprint density at radius 1 is 1.29 bits per heavy atom. The molecule has 1 heterocycles. The summed E-state index contributed by atoms with van der Waals surface area (Å²) in [6, 6.07) is 8.17. The van der Waals surface area contributed by atoms with E-state index in [2.05, 4.69) is 10.3 Å². The number of carbonyl (C=O) groups is 1. The number of aryl methyl sites for hydroxylation is 1. The van der Waals surface area contributed by atoms with E-state index in [9.17, 15) is 13.2 Å². The summed E-state index contributed by atoms with van der Waals surface area (Å²) in [5, 5.41) is 3.13. The second kappa shape index (κ2) is 8.36. The van der Waals surface area contributed by atoms with Crippen molar-refractivity contribution in [2.75, 3.05) is 18.4 Å². The zero-order valence-electron chi connectivity index (χ0n) is 13.7. The van der Waals surface area contributed by atoms with E-state index in [0.29, 0.717) is 18.1 Å². The molecule has 0 bridgehead atoms. The molecule has 1 aromatic carbocycles. The van der Waals surface area contributed by atoms with Gasteiger partial charge in [0.15, 0.2) is 5.13 Å². The van der Waals surface area contributed by atoms with E-state index in [1.807, 2.05) is 13.8 Å². The molecule has 2 rings (SSSR count). The van der Waals surface area contributed by atoms with E-state index in [0.717, 1.165) is 11.3 Å². The minimum atomic E-state index is -3.70. The molecule has 1 N–H and O–H groups in total. The molecule has 0 aliphatic rings. The predicted molar refractivity (Wildman–Crippen MR) is 95.6 cm³/mol. The Labute approximate surface area is 146 Å². The first-order chi connectivity index (χ1) is 11.4. The second-order valence-corrected chi connectivity index (χ2v) is 8.50. The van der Waals surface area contributed by atoms with Crippen LogP contribution in [-0.4, -0.2) is 36.7 Å². The predicted octanol–water partition coefficient (Wildman–Crippen LogP) is 2.88. The number of nitrogens with one attached hydrogen (secondary N) is 1. The van der Waals surface area contributed by atoms with E-state index in [-0.39, 0.29) is 17.3 Å². The summed E-state index contributed by atoms with van der Waals surface area (Å²) in [4.78, 5) is 17.5. The minimum Gasteiger partial charge on any atom is -0.301 e. The van der Waals surface area contributed by atoms with Crippen molar-refractivity contribution in [2.45, 2.75) is 31.6 Å². The zero-order chi connectivity index (χ0) is 17.6. The van der Waals surface area contributed by atoms with Crippen molar-refractivity contribution >= 4 is 32.4 Å². The van der Waals surface area contributed by atoms with Gasteiger partial charge in [0.05, 0.1) is 11.4 Å². The summed E-state index contributed by atoms with van der Waals surface area (Å²) in [5.41, 5.74) is 0. The number of nitrogens with zero attached hydrogens (tertiary/aromatic N) is 2. The minimum absolute atomic E-state index is 0.194. The number of anilines is 1. The summed E-state index contributed by atoms with van der Waals surface area (Å²) in [6.07, 6.45) is 3.19. The molecule has 1 aromatic heterocycles. The Kier molecular flexibility index (Phi) is 6.47. The van der Waals surface area contributed by atoms with Crippen molar-refractivity contribution in [1.29, 1.82) is 0 Å². The largest absolute Gasteiger partial charge is 0.301 e. The highest BCUT2D eigenvalue weighted by Crippen LogP contribution is 2.18. The second-order valence-electron chi connectivity index (χ2n) is 5.33. The lowest BCUT2D eigenvalue weighted by Gasteiger charge is -2.21. The molecule has 0 fully saturated rings. The van der Waals surface area contributed by atoms with Gasteiger partial charge in [0.25, 0.3) is 0 Å². The Morgan fingerprint density at radius 2 is 2.00 bits per heavy atom. The van der Waals surface area contributed by atoms with E-state index in [1.165, 1.54) is 27.8 Å². The van der Waals surface area contributed by atoms with Crippen LogP contribution in [0.2, 0.25) is 0 Å². The summed E-state index contributed by atoms with van der Waals surface area (Å²) >= 11 is 1.35. The normalized spacial score (nSPS) is 11.6. The molecule has 0 saturated carbocycles. The van der Waals surface area contributed by atoms with Crippen molar-refractivity contribution in [1.82, 2.24) is 9.29 Å². The smallest absolute Gasteiger partial charge is 0.243 e. The number of thiazole rings is 1. The molecule has 0 saturated heterocycles. The van der Waals surface area contributed by atoms with Gasteiger partial charge in [-0.2, -0.15) is 4.31 Å². The highest BCUT2D eigenvalue weighted by Gasteiger charge is 2.26. The first-order valence-corrected chi connectivity index (χ1v) is 9.96. The molecule has 130 valence electrons. The standard InChI is InChI=1S/C16H21N3O3S2/c1-3-4-10-19(24(21,22)14-8-6-5-7-9-14)12-15(20)18-16-17-11-13(2)23-16/h5-9,11H,3-4,10,12H2,1-2H3,(H,17,18,20). The molecule has 1 amide bonds. The number of aromatic nitrogens is 1. The van der Waals surface area contributed by atoms with Crippen LogP contribution in [0.4, 0.5) is 5.13 Å². The van der Waals surface area contributed by atoms with Crippen molar-refractivity contribution in [3.8, 4) is 0 Å². The van der Waals surface area contributed by atoms with Gasteiger partial charge in [-0.25, -0.2) is 13.4 Å². The maximum absolute atomic E-state index is 12.8. The van der Waals surface area contributed by atoms with Crippen molar-refractivity contribution < 1.29 is 13.2 Å². The third-order valence-corrected chi connectivity index (χ3v) is 6.02. The maximum atomic E-state index is 12.8. The molecule has 0 aliphatic carbocycles. The van der Waals surface area contributed by atoms with Gasteiger partial charge in [-0.1, -0.05) is 31.5 Å². The summed E-state index contributed by atoms with van der Waals surface area (Å²) in [5.74, 6) is -0.389. The van der Waals surface area contributed by atoms with Gasteiger partial charge in [-0.15, -0.1) is 11.3 Å². The van der Waals surface area contributed by atoms with Crippen molar-refractivity contribution in [2.24, 2.45) is 0 Å². The van der Waals surface area contributed by atoms with Crippen LogP contribution in [0.25, 0.3) is 0 Å². The van der Waals surface area contributed by atoms with Gasteiger partial charge < -0.3 is 5.32 Å². The van der Waals surface area contributed by atoms with Crippen molar-refractivity contribution in [3.63, 3.8) is 0 Å². The first-order valence-electron chi connectivity index (χ1n) is 7.71. The van der Waals surface area contributed by atoms with E-state index in [1.54, 1.807) is 24.4 Å². The average molecular weight is 367 g/mol. The maximum Gasteiger partial charge on any atom is 0.243 e. The van der Waals surface area contributed by atoms with Crippen LogP contribution in [0.1, 0.15) is 24.6 Å². The molecule has 8 heteroatoms. The molecule has 0 aliphatic heterocycles. The lowest BCUT2D eigenvalue weighted by atomic mass is 10.3. The summed E-state index contributed by atoms with van der Waals surface area (Å²) in [6.45, 7) is 3.94. The van der Waals surface area contributed by atoms with Crippen LogP contribution in [0, 0.1) is 6.92 Å². The average Bonchev–Trinajstić information content (AvgIpc) is 2.97. The number of hydrogen-bond acceptors (Lipinski definition) is 5. The quantitative estimate of drug-likeness (QED) is 0.778. The van der Waals surface area contributed by atoms with Crippen LogP contribution >= 0.6 is 11.3 Å². The summed E-state index contributed by atoms with van der Waals surface area (Å²) in [7, 11) is -3.70. The third kappa shape index (κ3) is 4.86. The third-order valence-electron chi connectivity index (χ3n) is 3.33. The van der Waals surface area contributed by atoms with Gasteiger partial charge in [0.1, 0.15) is 0 Å². The Balaban J connectivity index is 2.14. The SMILES string of the molecule is CCCCN(CC(=O)Nc1ncc(C)s1)S(=O)(=O)c1ccccc1. The molecule has 24 heavy (non-hydrogen) atoms. The van der Waals surface area contributed by atoms with E-state index in [4.69, 9.17) is 0 Å². The monoisotopic (exact) mass is 367 g/mol. The van der Waals surface area contributed by atoms with Gasteiger partial charge in [0, 0.05) is 17.6 Å². The van der Waals surface area contributed by atoms with Gasteiger partial charge >= 0.3 is 0 Å². The van der Waals surface area contributed by atoms with Gasteiger partial charge in [0.2, 0.25) is 15.9 Å². The molecule has 0 atom stereocenters. The first kappa shape index (κ1) is 18.6. The number of unbranched alkanes of at least 4 members (excludes halogenated alkanes) is 1. The Hall–Kier alpha value is -1.77. The summed E-state index contributed by atoms with van der Waals surface area (Å²) < 4.78 is 26.8. The molecule has 2 aromatic rings. The van der Waals surface area contributed by atoms with E-state index >= 15 is 0 Å². The zero-order valence-corrected chi connectivity index (χ0v) is 15.4. The van der Waals surface area contributed by atoms with Crippen LogP contribution in [0.15, 0.2) is 41.4 Å². The van der Waals surface area contributed by atoms with Gasteiger partial charge in [-0.3, -0.25) is 4.79 Å². The molecular weight excluding hydrogens is 346 g/mol.